The van der Waals surface area contributed by atoms with Crippen molar-refractivity contribution in [2.75, 3.05) is 20.3 Å². The Morgan fingerprint density at radius 1 is 1.13 bits per heavy atom. The van der Waals surface area contributed by atoms with E-state index >= 15 is 0 Å². The molecule has 2 aromatic carbocycles. The maximum atomic E-state index is 13.2. The molecule has 0 radical (unpaired) electrons. The van der Waals surface area contributed by atoms with Crippen LogP contribution >= 0.6 is 11.6 Å². The molecule has 31 heavy (non-hydrogen) atoms. The second kappa shape index (κ2) is 12.8. The molecule has 0 aliphatic carbocycles. The van der Waals surface area contributed by atoms with Crippen molar-refractivity contribution in [3.63, 3.8) is 0 Å². The summed E-state index contributed by atoms with van der Waals surface area (Å²) in [7, 11) is 1.59. The van der Waals surface area contributed by atoms with E-state index in [0.29, 0.717) is 29.5 Å². The van der Waals surface area contributed by atoms with Crippen LogP contribution in [-0.4, -0.2) is 43.0 Å². The highest BCUT2D eigenvalue weighted by Crippen LogP contribution is 2.23. The molecular formula is C24H31ClN2O4. The average Bonchev–Trinajstić information content (AvgIpc) is 2.78. The summed E-state index contributed by atoms with van der Waals surface area (Å²) in [5.41, 5.74) is 0.866. The first kappa shape index (κ1) is 24.5. The lowest BCUT2D eigenvalue weighted by atomic mass is 10.1. The largest absolute Gasteiger partial charge is 0.497 e. The third-order valence-electron chi connectivity index (χ3n) is 4.89. The first-order valence-electron chi connectivity index (χ1n) is 10.6. The van der Waals surface area contributed by atoms with Crippen LogP contribution in [0.25, 0.3) is 0 Å². The Kier molecular flexibility index (Phi) is 10.2. The molecule has 1 N–H and O–H groups in total. The smallest absolute Gasteiger partial charge is 0.261 e. The van der Waals surface area contributed by atoms with Gasteiger partial charge in [-0.25, -0.2) is 0 Å². The number of carbonyl (C=O) groups is 2. The summed E-state index contributed by atoms with van der Waals surface area (Å²) >= 11 is 6.13. The molecule has 0 saturated heterocycles. The van der Waals surface area contributed by atoms with Gasteiger partial charge in [0.05, 0.1) is 12.1 Å². The van der Waals surface area contributed by atoms with Crippen LogP contribution in [0.15, 0.2) is 48.5 Å². The van der Waals surface area contributed by atoms with Crippen LogP contribution in [0.5, 0.6) is 11.5 Å². The van der Waals surface area contributed by atoms with E-state index in [0.717, 1.165) is 18.4 Å². The van der Waals surface area contributed by atoms with Gasteiger partial charge in [-0.15, -0.1) is 0 Å². The van der Waals surface area contributed by atoms with Gasteiger partial charge in [-0.1, -0.05) is 56.1 Å². The van der Waals surface area contributed by atoms with Crippen LogP contribution in [0.2, 0.25) is 5.02 Å². The van der Waals surface area contributed by atoms with E-state index in [1.807, 2.05) is 31.2 Å². The molecule has 168 valence electrons. The number of halogens is 1. The molecule has 0 bridgehead atoms. The lowest BCUT2D eigenvalue weighted by Crippen LogP contribution is -2.50. The number of methoxy groups -OCH3 is 1. The fourth-order valence-corrected chi connectivity index (χ4v) is 3.37. The van der Waals surface area contributed by atoms with Crippen LogP contribution in [-0.2, 0) is 16.1 Å². The van der Waals surface area contributed by atoms with Gasteiger partial charge in [0.2, 0.25) is 5.91 Å². The van der Waals surface area contributed by atoms with E-state index in [-0.39, 0.29) is 25.0 Å². The average molecular weight is 447 g/mol. The highest BCUT2D eigenvalue weighted by atomic mass is 35.5. The number of para-hydroxylation sites is 1. The van der Waals surface area contributed by atoms with Gasteiger partial charge in [0.1, 0.15) is 17.5 Å². The molecule has 2 amide bonds. The summed E-state index contributed by atoms with van der Waals surface area (Å²) in [6.07, 6.45) is 2.36. The molecule has 0 fully saturated rings. The maximum Gasteiger partial charge on any atom is 0.261 e. The van der Waals surface area contributed by atoms with Gasteiger partial charge in [0.15, 0.2) is 6.61 Å². The van der Waals surface area contributed by atoms with Crippen molar-refractivity contribution < 1.29 is 19.1 Å². The van der Waals surface area contributed by atoms with E-state index < -0.39 is 6.04 Å². The highest BCUT2D eigenvalue weighted by Gasteiger charge is 2.29. The normalized spacial score (nSPS) is 11.5. The number of nitrogens with zero attached hydrogens (tertiary/aromatic N) is 1. The molecule has 0 heterocycles. The van der Waals surface area contributed by atoms with E-state index in [9.17, 15) is 9.59 Å². The number of amides is 2. The van der Waals surface area contributed by atoms with Crippen molar-refractivity contribution in [2.45, 2.75) is 45.7 Å². The molecule has 0 aromatic heterocycles. The standard InChI is InChI=1S/C24H31ClN2O4/c1-4-6-14-26-24(29)21(5-2)27(16-18-10-9-11-19(15-18)30-3)23(28)17-31-22-13-8-7-12-20(22)25/h7-13,15,21H,4-6,14,16-17H2,1-3H3,(H,26,29)/t21-/m0/s1. The number of nitrogens with one attached hydrogen (secondary N) is 1. The maximum absolute atomic E-state index is 13.2. The van der Waals surface area contributed by atoms with Gasteiger partial charge in [0, 0.05) is 13.1 Å². The summed E-state index contributed by atoms with van der Waals surface area (Å²) < 4.78 is 10.9. The number of hydrogen-bond donors (Lipinski definition) is 1. The van der Waals surface area contributed by atoms with Crippen LogP contribution in [0.4, 0.5) is 0 Å². The molecule has 2 aromatic rings. The number of benzene rings is 2. The van der Waals surface area contributed by atoms with E-state index in [1.54, 1.807) is 36.3 Å². The van der Waals surface area contributed by atoms with Crippen LogP contribution < -0.4 is 14.8 Å². The molecule has 1 atom stereocenters. The second-order valence-corrected chi connectivity index (χ2v) is 7.57. The summed E-state index contributed by atoms with van der Waals surface area (Å²) in [5.74, 6) is 0.669. The van der Waals surface area contributed by atoms with Crippen molar-refractivity contribution in [1.29, 1.82) is 0 Å². The molecule has 0 unspecified atom stereocenters. The fraction of sp³-hybridized carbons (Fsp3) is 0.417. The number of rotatable bonds is 12. The van der Waals surface area contributed by atoms with Gasteiger partial charge in [-0.05, 0) is 42.7 Å². The Morgan fingerprint density at radius 3 is 2.58 bits per heavy atom. The topological polar surface area (TPSA) is 67.9 Å². The number of hydrogen-bond acceptors (Lipinski definition) is 4. The van der Waals surface area contributed by atoms with Crippen molar-refractivity contribution in [1.82, 2.24) is 10.2 Å². The minimum Gasteiger partial charge on any atom is -0.497 e. The lowest BCUT2D eigenvalue weighted by Gasteiger charge is -2.30. The molecule has 0 saturated carbocycles. The molecule has 7 heteroatoms. The van der Waals surface area contributed by atoms with Gasteiger partial charge in [-0.2, -0.15) is 0 Å². The van der Waals surface area contributed by atoms with Crippen LogP contribution in [0.3, 0.4) is 0 Å². The first-order valence-corrected chi connectivity index (χ1v) is 10.9. The van der Waals surface area contributed by atoms with Crippen molar-refractivity contribution in [3.05, 3.63) is 59.1 Å². The van der Waals surface area contributed by atoms with E-state index in [2.05, 4.69) is 12.2 Å². The third kappa shape index (κ3) is 7.47. The van der Waals surface area contributed by atoms with Gasteiger partial charge in [0.25, 0.3) is 5.91 Å². The van der Waals surface area contributed by atoms with Gasteiger partial charge in [-0.3, -0.25) is 9.59 Å². The minimum atomic E-state index is -0.606. The molecular weight excluding hydrogens is 416 g/mol. The van der Waals surface area contributed by atoms with E-state index in [1.165, 1.54) is 0 Å². The van der Waals surface area contributed by atoms with Gasteiger partial charge < -0.3 is 19.7 Å². The Morgan fingerprint density at radius 2 is 1.90 bits per heavy atom. The fourth-order valence-electron chi connectivity index (χ4n) is 3.18. The quantitative estimate of drug-likeness (QED) is 0.489. The molecule has 0 aliphatic rings. The molecule has 2 rings (SSSR count). The van der Waals surface area contributed by atoms with Crippen molar-refractivity contribution in [3.8, 4) is 11.5 Å². The zero-order valence-corrected chi connectivity index (χ0v) is 19.2. The number of unbranched alkanes of at least 4 members (excludes halogenated alkanes) is 1. The van der Waals surface area contributed by atoms with Gasteiger partial charge >= 0.3 is 0 Å². The predicted octanol–water partition coefficient (Wildman–Crippen LogP) is 4.45. The lowest BCUT2D eigenvalue weighted by molar-refractivity contribution is -0.143. The molecule has 0 spiro atoms. The Hall–Kier alpha value is -2.73. The number of ether oxygens (including phenoxy) is 2. The first-order chi connectivity index (χ1) is 15.0. The molecule has 0 aliphatic heterocycles. The summed E-state index contributed by atoms with van der Waals surface area (Å²) in [6, 6.07) is 13.8. The predicted molar refractivity (Wildman–Crippen MR) is 122 cm³/mol. The zero-order chi connectivity index (χ0) is 22.6. The Labute approximate surface area is 189 Å². The summed E-state index contributed by atoms with van der Waals surface area (Å²) in [4.78, 5) is 27.6. The summed E-state index contributed by atoms with van der Waals surface area (Å²) in [6.45, 7) is 4.59. The SMILES string of the molecule is CCCCNC(=O)[C@H](CC)N(Cc1cccc(OC)c1)C(=O)COc1ccccc1Cl. The van der Waals surface area contributed by atoms with Crippen LogP contribution in [0, 0.1) is 0 Å². The van der Waals surface area contributed by atoms with Crippen molar-refractivity contribution in [2.24, 2.45) is 0 Å². The number of carbonyl (C=O) groups excluding carboxylic acids is 2. The highest BCUT2D eigenvalue weighted by molar-refractivity contribution is 6.32. The van der Waals surface area contributed by atoms with E-state index in [4.69, 9.17) is 21.1 Å². The van der Waals surface area contributed by atoms with Crippen LogP contribution in [0.1, 0.15) is 38.7 Å². The Bertz CT molecular complexity index is 859. The zero-order valence-electron chi connectivity index (χ0n) is 18.4. The van der Waals surface area contributed by atoms with Crippen molar-refractivity contribution >= 4 is 23.4 Å². The third-order valence-corrected chi connectivity index (χ3v) is 5.20. The monoisotopic (exact) mass is 446 g/mol. The Balaban J connectivity index is 2.21. The molecule has 6 nitrogen and oxygen atoms in total. The minimum absolute atomic E-state index is 0.162. The second-order valence-electron chi connectivity index (χ2n) is 7.16. The summed E-state index contributed by atoms with van der Waals surface area (Å²) in [5, 5.41) is 3.37.